The number of carbonyl (C=O) groups excluding carboxylic acids is 1. The van der Waals surface area contributed by atoms with Crippen molar-refractivity contribution < 1.29 is 4.79 Å². The summed E-state index contributed by atoms with van der Waals surface area (Å²) in [6.07, 6.45) is 8.51. The van der Waals surface area contributed by atoms with Crippen molar-refractivity contribution in [2.24, 2.45) is 5.92 Å². The Morgan fingerprint density at radius 3 is 2.90 bits per heavy atom. The largest absolute Gasteiger partial charge is 0.362 e. The standard InChI is InChI=1S/C23H28N6O/c30-21(13-16-5-1-2-6-16)29-12-10-17(15-29)20-9-8-19-22(27-28-23(19)26-20)25-14-18-7-3-4-11-24-18/h3-4,7-9,11,16-17H,1-2,5-6,10,12-15H2,(H2,25,26,27,28). The van der Waals surface area contributed by atoms with E-state index in [9.17, 15) is 4.79 Å². The van der Waals surface area contributed by atoms with Gasteiger partial charge >= 0.3 is 0 Å². The van der Waals surface area contributed by atoms with Crippen LogP contribution in [-0.2, 0) is 11.3 Å². The molecule has 1 unspecified atom stereocenters. The molecule has 0 bridgehead atoms. The summed E-state index contributed by atoms with van der Waals surface area (Å²) in [7, 11) is 0. The highest BCUT2D eigenvalue weighted by molar-refractivity contribution is 5.87. The normalized spacial score (nSPS) is 19.6. The number of H-pyrrole nitrogens is 1. The molecule has 4 heterocycles. The molecule has 1 aliphatic carbocycles. The molecule has 156 valence electrons. The van der Waals surface area contributed by atoms with E-state index in [1.807, 2.05) is 23.1 Å². The number of anilines is 1. The third-order valence-electron chi connectivity index (χ3n) is 6.51. The van der Waals surface area contributed by atoms with Crippen molar-refractivity contribution in [2.75, 3.05) is 18.4 Å². The van der Waals surface area contributed by atoms with Crippen molar-refractivity contribution in [1.82, 2.24) is 25.1 Å². The summed E-state index contributed by atoms with van der Waals surface area (Å²) in [6, 6.07) is 10.0. The topological polar surface area (TPSA) is 86.8 Å². The van der Waals surface area contributed by atoms with Crippen LogP contribution in [0.25, 0.3) is 11.0 Å². The summed E-state index contributed by atoms with van der Waals surface area (Å²) >= 11 is 0. The molecule has 0 spiro atoms. The van der Waals surface area contributed by atoms with Gasteiger partial charge in [0.1, 0.15) is 0 Å². The maximum Gasteiger partial charge on any atom is 0.222 e. The van der Waals surface area contributed by atoms with Crippen LogP contribution in [0.4, 0.5) is 5.82 Å². The molecule has 3 aromatic rings. The molecule has 1 amide bonds. The fraction of sp³-hybridized carbons (Fsp3) is 0.478. The fourth-order valence-corrected chi connectivity index (χ4v) is 4.78. The molecule has 5 rings (SSSR count). The summed E-state index contributed by atoms with van der Waals surface area (Å²) in [4.78, 5) is 23.9. The molecular weight excluding hydrogens is 376 g/mol. The quantitative estimate of drug-likeness (QED) is 0.651. The van der Waals surface area contributed by atoms with Gasteiger partial charge in [0.05, 0.1) is 17.6 Å². The number of aromatic amines is 1. The minimum atomic E-state index is 0.301. The van der Waals surface area contributed by atoms with Crippen molar-refractivity contribution in [3.05, 3.63) is 47.9 Å². The number of pyridine rings is 2. The lowest BCUT2D eigenvalue weighted by Gasteiger charge is -2.18. The molecule has 30 heavy (non-hydrogen) atoms. The second kappa shape index (κ2) is 8.42. The fourth-order valence-electron chi connectivity index (χ4n) is 4.78. The smallest absolute Gasteiger partial charge is 0.222 e. The zero-order valence-corrected chi connectivity index (χ0v) is 17.2. The van der Waals surface area contributed by atoms with Crippen LogP contribution in [0.5, 0.6) is 0 Å². The first-order chi connectivity index (χ1) is 14.8. The van der Waals surface area contributed by atoms with Crippen LogP contribution in [-0.4, -0.2) is 44.1 Å². The van der Waals surface area contributed by atoms with Crippen LogP contribution >= 0.6 is 0 Å². The molecular formula is C23H28N6O. The third kappa shape index (κ3) is 4.01. The number of hydrogen-bond donors (Lipinski definition) is 2. The molecule has 3 aromatic heterocycles. The molecule has 0 aromatic carbocycles. The number of amides is 1. The molecule has 7 heteroatoms. The molecule has 0 radical (unpaired) electrons. The minimum absolute atomic E-state index is 0.301. The number of nitrogens with zero attached hydrogens (tertiary/aromatic N) is 4. The highest BCUT2D eigenvalue weighted by atomic mass is 16.2. The maximum atomic E-state index is 12.7. The lowest BCUT2D eigenvalue weighted by Crippen LogP contribution is -2.29. The average molecular weight is 405 g/mol. The second-order valence-corrected chi connectivity index (χ2v) is 8.56. The second-order valence-electron chi connectivity index (χ2n) is 8.56. The molecule has 2 aliphatic rings. The summed E-state index contributed by atoms with van der Waals surface area (Å²) in [6.45, 7) is 2.24. The number of nitrogens with one attached hydrogen (secondary N) is 2. The van der Waals surface area contributed by atoms with Crippen molar-refractivity contribution in [1.29, 1.82) is 0 Å². The van der Waals surface area contributed by atoms with Gasteiger partial charge in [0, 0.05) is 37.3 Å². The van der Waals surface area contributed by atoms with Gasteiger partial charge in [0.15, 0.2) is 11.5 Å². The summed E-state index contributed by atoms with van der Waals surface area (Å²) in [5.74, 6) is 2.02. The molecule has 1 saturated carbocycles. The number of likely N-dealkylation sites (tertiary alicyclic amines) is 1. The van der Waals surface area contributed by atoms with Crippen LogP contribution in [0.1, 0.15) is 55.8 Å². The molecule has 1 saturated heterocycles. The van der Waals surface area contributed by atoms with E-state index in [4.69, 9.17) is 4.98 Å². The van der Waals surface area contributed by atoms with Gasteiger partial charge in [-0.3, -0.25) is 14.9 Å². The summed E-state index contributed by atoms with van der Waals surface area (Å²) in [5, 5.41) is 11.7. The Morgan fingerprint density at radius 1 is 1.17 bits per heavy atom. The van der Waals surface area contributed by atoms with Crippen molar-refractivity contribution in [3.8, 4) is 0 Å². The van der Waals surface area contributed by atoms with Gasteiger partial charge in [-0.2, -0.15) is 5.10 Å². The molecule has 2 fully saturated rings. The number of hydrogen-bond acceptors (Lipinski definition) is 5. The van der Waals surface area contributed by atoms with E-state index in [1.54, 1.807) is 6.20 Å². The van der Waals surface area contributed by atoms with Crippen molar-refractivity contribution in [2.45, 2.75) is 51.0 Å². The van der Waals surface area contributed by atoms with E-state index in [2.05, 4.69) is 32.6 Å². The average Bonchev–Trinajstić information content (AvgIpc) is 3.53. The number of carbonyl (C=O) groups is 1. The first-order valence-electron chi connectivity index (χ1n) is 11.0. The summed E-state index contributed by atoms with van der Waals surface area (Å²) in [5.41, 5.74) is 2.79. The highest BCUT2D eigenvalue weighted by Gasteiger charge is 2.30. The van der Waals surface area contributed by atoms with Gasteiger partial charge in [0.25, 0.3) is 0 Å². The zero-order chi connectivity index (χ0) is 20.3. The number of rotatable bonds is 6. The Kier molecular flexibility index (Phi) is 5.34. The monoisotopic (exact) mass is 404 g/mol. The van der Waals surface area contributed by atoms with E-state index in [0.717, 1.165) is 54.2 Å². The Balaban J connectivity index is 1.23. The zero-order valence-electron chi connectivity index (χ0n) is 17.2. The highest BCUT2D eigenvalue weighted by Crippen LogP contribution is 2.32. The Bertz CT molecular complexity index is 1010. The lowest BCUT2D eigenvalue weighted by atomic mass is 10.0. The minimum Gasteiger partial charge on any atom is -0.362 e. The maximum absolute atomic E-state index is 12.7. The predicted molar refractivity (Wildman–Crippen MR) is 116 cm³/mol. The molecule has 7 nitrogen and oxygen atoms in total. The summed E-state index contributed by atoms with van der Waals surface area (Å²) < 4.78 is 0. The molecule has 1 aliphatic heterocycles. The Morgan fingerprint density at radius 2 is 2.07 bits per heavy atom. The van der Waals surface area contributed by atoms with Gasteiger partial charge < -0.3 is 10.2 Å². The molecule has 2 N–H and O–H groups in total. The SMILES string of the molecule is O=C(CC1CCCC1)N1CCC(c2ccc3c(NCc4ccccn4)n[nH]c3n2)C1. The van der Waals surface area contributed by atoms with Gasteiger partial charge in [-0.05, 0) is 49.4 Å². The van der Waals surface area contributed by atoms with E-state index in [-0.39, 0.29) is 0 Å². The number of aromatic nitrogens is 4. The van der Waals surface area contributed by atoms with E-state index >= 15 is 0 Å². The van der Waals surface area contributed by atoms with Gasteiger partial charge in [0.2, 0.25) is 5.91 Å². The van der Waals surface area contributed by atoms with Crippen LogP contribution in [0.3, 0.4) is 0 Å². The lowest BCUT2D eigenvalue weighted by molar-refractivity contribution is -0.131. The van der Waals surface area contributed by atoms with E-state index in [1.165, 1.54) is 25.7 Å². The van der Waals surface area contributed by atoms with Gasteiger partial charge in [-0.1, -0.05) is 18.9 Å². The van der Waals surface area contributed by atoms with Crippen LogP contribution in [0.2, 0.25) is 0 Å². The van der Waals surface area contributed by atoms with E-state index in [0.29, 0.717) is 24.3 Å². The number of fused-ring (bicyclic) bond motifs is 1. The van der Waals surface area contributed by atoms with Crippen molar-refractivity contribution in [3.63, 3.8) is 0 Å². The van der Waals surface area contributed by atoms with E-state index < -0.39 is 0 Å². The first kappa shape index (κ1) is 19.0. The van der Waals surface area contributed by atoms with Crippen molar-refractivity contribution >= 4 is 22.8 Å². The van der Waals surface area contributed by atoms with Gasteiger partial charge in [-0.15, -0.1) is 0 Å². The van der Waals surface area contributed by atoms with Crippen LogP contribution in [0, 0.1) is 5.92 Å². The predicted octanol–water partition coefficient (Wildman–Crippen LogP) is 3.86. The molecule has 1 atom stereocenters. The first-order valence-corrected chi connectivity index (χ1v) is 11.0. The Labute approximate surface area is 176 Å². The van der Waals surface area contributed by atoms with Crippen LogP contribution < -0.4 is 5.32 Å². The van der Waals surface area contributed by atoms with Gasteiger partial charge in [-0.25, -0.2) is 4.98 Å². The van der Waals surface area contributed by atoms with Crippen LogP contribution in [0.15, 0.2) is 36.5 Å². The third-order valence-corrected chi connectivity index (χ3v) is 6.51. The Hall–Kier alpha value is -2.96.